The molecule has 0 aromatic carbocycles. The van der Waals surface area contributed by atoms with E-state index >= 15 is 0 Å². The van der Waals surface area contributed by atoms with Gasteiger partial charge in [0.2, 0.25) is 0 Å². The Morgan fingerprint density at radius 1 is 1.23 bits per heavy atom. The lowest BCUT2D eigenvalue weighted by atomic mass is 9.95. The van der Waals surface area contributed by atoms with Crippen LogP contribution in [0.2, 0.25) is 0 Å². The molecule has 2 aromatic heterocycles. The third-order valence-electron chi connectivity index (χ3n) is 5.81. The Morgan fingerprint density at radius 3 is 2.42 bits per heavy atom. The summed E-state index contributed by atoms with van der Waals surface area (Å²) in [7, 11) is 1.75. The molecule has 2 aromatic rings. The number of hydrogen-bond donors (Lipinski definition) is 0. The maximum atomic E-state index is 12.1. The van der Waals surface area contributed by atoms with Crippen molar-refractivity contribution < 1.29 is 0 Å². The molecule has 0 aliphatic carbocycles. The summed E-state index contributed by atoms with van der Waals surface area (Å²) in [6.07, 6.45) is 2.14. The third-order valence-corrected chi connectivity index (χ3v) is 5.81. The van der Waals surface area contributed by atoms with Crippen LogP contribution in [0.5, 0.6) is 0 Å². The van der Waals surface area contributed by atoms with Crippen LogP contribution in [0.1, 0.15) is 68.3 Å². The summed E-state index contributed by atoms with van der Waals surface area (Å²) < 4.78 is 5.73. The highest BCUT2D eigenvalue weighted by molar-refractivity contribution is 5.27. The van der Waals surface area contributed by atoms with Crippen LogP contribution in [0.3, 0.4) is 0 Å². The molecule has 1 saturated heterocycles. The van der Waals surface area contributed by atoms with Crippen molar-refractivity contribution in [3.8, 4) is 0 Å². The first kappa shape index (κ1) is 19.0. The molecule has 0 radical (unpaired) electrons. The number of nitrogens with zero attached hydrogens (tertiary/aromatic N) is 5. The molecule has 3 rings (SSSR count). The van der Waals surface area contributed by atoms with Crippen molar-refractivity contribution in [3.05, 3.63) is 39.3 Å². The molecular weight excluding hydrogens is 326 g/mol. The Bertz CT molecular complexity index is 818. The van der Waals surface area contributed by atoms with Crippen molar-refractivity contribution >= 4 is 0 Å². The topological polar surface area (TPSA) is 48.0 Å². The van der Waals surface area contributed by atoms with Crippen molar-refractivity contribution in [2.45, 2.75) is 72.5 Å². The molecule has 1 fully saturated rings. The molecule has 26 heavy (non-hydrogen) atoms. The van der Waals surface area contributed by atoms with Gasteiger partial charge in [-0.15, -0.1) is 0 Å². The second-order valence-corrected chi connectivity index (χ2v) is 7.92. The number of aromatic nitrogens is 4. The van der Waals surface area contributed by atoms with Crippen molar-refractivity contribution in [2.24, 2.45) is 7.05 Å². The Labute approximate surface area is 156 Å². The van der Waals surface area contributed by atoms with E-state index in [4.69, 9.17) is 0 Å². The predicted molar refractivity (Wildman–Crippen MR) is 105 cm³/mol. The van der Waals surface area contributed by atoms with Gasteiger partial charge in [-0.1, -0.05) is 0 Å². The number of likely N-dealkylation sites (tertiary alicyclic amines) is 1. The molecule has 6 heteroatoms. The Balaban J connectivity index is 1.67. The van der Waals surface area contributed by atoms with Gasteiger partial charge >= 0.3 is 5.69 Å². The fourth-order valence-electron chi connectivity index (χ4n) is 4.51. The molecule has 0 bridgehead atoms. The molecule has 144 valence electrons. The van der Waals surface area contributed by atoms with E-state index < -0.39 is 0 Å². The van der Waals surface area contributed by atoms with Gasteiger partial charge in [0, 0.05) is 43.5 Å². The number of piperidine rings is 1. The maximum Gasteiger partial charge on any atom is 0.345 e. The lowest BCUT2D eigenvalue weighted by Gasteiger charge is -2.31. The van der Waals surface area contributed by atoms with Crippen LogP contribution in [-0.2, 0) is 20.1 Å². The molecule has 1 aliphatic heterocycles. The number of aryl methyl sites for hydroxylation is 2. The van der Waals surface area contributed by atoms with Gasteiger partial charge in [0.25, 0.3) is 0 Å². The molecule has 0 saturated carbocycles. The minimum absolute atomic E-state index is 0.00561. The van der Waals surface area contributed by atoms with Gasteiger partial charge in [0.15, 0.2) is 0 Å². The largest absolute Gasteiger partial charge is 0.346 e. The van der Waals surface area contributed by atoms with Crippen LogP contribution < -0.4 is 5.69 Å². The van der Waals surface area contributed by atoms with E-state index in [2.05, 4.69) is 48.3 Å². The van der Waals surface area contributed by atoms with E-state index in [-0.39, 0.29) is 5.69 Å². The fraction of sp³-hybridized carbons (Fsp3) is 0.700. The van der Waals surface area contributed by atoms with Crippen molar-refractivity contribution in [1.29, 1.82) is 0 Å². The van der Waals surface area contributed by atoms with Crippen LogP contribution in [-0.4, -0.2) is 36.9 Å². The Morgan fingerprint density at radius 2 is 1.88 bits per heavy atom. The quantitative estimate of drug-likeness (QED) is 0.825. The van der Waals surface area contributed by atoms with Gasteiger partial charge in [0.1, 0.15) is 5.82 Å². The zero-order valence-corrected chi connectivity index (χ0v) is 17.1. The summed E-state index contributed by atoms with van der Waals surface area (Å²) in [5.74, 6) is 1.36. The minimum Gasteiger partial charge on any atom is -0.346 e. The van der Waals surface area contributed by atoms with Crippen LogP contribution in [0.25, 0.3) is 0 Å². The molecule has 0 N–H and O–H groups in total. The normalized spacial score (nSPS) is 16.7. The highest BCUT2D eigenvalue weighted by Gasteiger charge is 2.26. The van der Waals surface area contributed by atoms with Crippen molar-refractivity contribution in [1.82, 2.24) is 23.8 Å². The van der Waals surface area contributed by atoms with Crippen LogP contribution in [0.15, 0.2) is 10.9 Å². The van der Waals surface area contributed by atoms with E-state index in [0.717, 1.165) is 38.3 Å². The number of hydrogen-bond acceptors (Lipinski definition) is 3. The summed E-state index contributed by atoms with van der Waals surface area (Å²) in [5, 5.41) is 4.51. The lowest BCUT2D eigenvalue weighted by Crippen LogP contribution is -2.34. The van der Waals surface area contributed by atoms with Crippen LogP contribution in [0.4, 0.5) is 0 Å². The smallest absolute Gasteiger partial charge is 0.345 e. The summed E-state index contributed by atoms with van der Waals surface area (Å²) in [6.45, 7) is 14.8. The highest BCUT2D eigenvalue weighted by atomic mass is 16.2. The molecule has 6 nitrogen and oxygen atoms in total. The van der Waals surface area contributed by atoms with Crippen molar-refractivity contribution in [2.75, 3.05) is 13.1 Å². The van der Waals surface area contributed by atoms with Gasteiger partial charge in [-0.05, 0) is 72.2 Å². The van der Waals surface area contributed by atoms with E-state index in [9.17, 15) is 4.79 Å². The van der Waals surface area contributed by atoms with E-state index in [0.29, 0.717) is 18.5 Å². The molecule has 0 atom stereocenters. The molecule has 0 unspecified atom stereocenters. The second kappa shape index (κ2) is 7.43. The highest BCUT2D eigenvalue weighted by Crippen LogP contribution is 2.28. The van der Waals surface area contributed by atoms with Gasteiger partial charge in [0.05, 0.1) is 0 Å². The first-order valence-electron chi connectivity index (χ1n) is 9.86. The average molecular weight is 360 g/mol. The van der Waals surface area contributed by atoms with Gasteiger partial charge in [-0.25, -0.2) is 9.48 Å². The first-order chi connectivity index (χ1) is 12.3. The van der Waals surface area contributed by atoms with Gasteiger partial charge in [-0.3, -0.25) is 9.47 Å². The standard InChI is InChI=1S/C20H33N5O/c1-7-24-19(21-22(6)20(24)26)17-8-10-23(11-9-17)13-18-12-15(4)25(14(2)3)16(18)5/h12,14,17H,7-11,13H2,1-6H3. The van der Waals surface area contributed by atoms with Crippen LogP contribution in [0, 0.1) is 13.8 Å². The summed E-state index contributed by atoms with van der Waals surface area (Å²) in [6, 6.07) is 2.85. The van der Waals surface area contributed by atoms with Crippen LogP contribution >= 0.6 is 0 Å². The van der Waals surface area contributed by atoms with E-state index in [1.807, 2.05) is 11.5 Å². The van der Waals surface area contributed by atoms with E-state index in [1.54, 1.807) is 7.05 Å². The first-order valence-corrected chi connectivity index (χ1v) is 9.86. The summed E-state index contributed by atoms with van der Waals surface area (Å²) >= 11 is 0. The monoisotopic (exact) mass is 359 g/mol. The van der Waals surface area contributed by atoms with Gasteiger partial charge < -0.3 is 4.57 Å². The zero-order valence-electron chi connectivity index (χ0n) is 17.1. The molecular formula is C20H33N5O. The third kappa shape index (κ3) is 3.39. The molecule has 3 heterocycles. The second-order valence-electron chi connectivity index (χ2n) is 7.92. The molecule has 0 spiro atoms. The molecule has 0 amide bonds. The van der Waals surface area contributed by atoms with Crippen molar-refractivity contribution in [3.63, 3.8) is 0 Å². The summed E-state index contributed by atoms with van der Waals surface area (Å²) in [5.41, 5.74) is 4.19. The Hall–Kier alpha value is -1.82. The lowest BCUT2D eigenvalue weighted by molar-refractivity contribution is 0.199. The fourth-order valence-corrected chi connectivity index (χ4v) is 4.51. The maximum absolute atomic E-state index is 12.1. The van der Waals surface area contributed by atoms with E-state index in [1.165, 1.54) is 21.6 Å². The average Bonchev–Trinajstić information content (AvgIpc) is 3.04. The number of rotatable bonds is 5. The van der Waals surface area contributed by atoms with Gasteiger partial charge in [-0.2, -0.15) is 5.10 Å². The minimum atomic E-state index is 0.00561. The predicted octanol–water partition coefficient (Wildman–Crippen LogP) is 2.98. The Kier molecular flexibility index (Phi) is 5.42. The SMILES string of the molecule is CCn1c(C2CCN(Cc3cc(C)n(C(C)C)c3C)CC2)nn(C)c1=O. The summed E-state index contributed by atoms with van der Waals surface area (Å²) in [4.78, 5) is 14.7. The molecule has 1 aliphatic rings. The zero-order chi connectivity index (χ0) is 19.0.